The zero-order valence-electron chi connectivity index (χ0n) is 18.5. The molecule has 0 bridgehead atoms. The van der Waals surface area contributed by atoms with E-state index in [0.717, 1.165) is 28.7 Å². The molecule has 3 aromatic rings. The number of methoxy groups -OCH3 is 1. The molecule has 33 heavy (non-hydrogen) atoms. The van der Waals surface area contributed by atoms with Crippen LogP contribution in [0.3, 0.4) is 0 Å². The first-order valence-electron chi connectivity index (χ1n) is 10.3. The molecule has 10 heteroatoms. The number of nitrogens with one attached hydrogen (secondary N) is 1. The lowest BCUT2D eigenvalue weighted by Crippen LogP contribution is -2.23. The van der Waals surface area contributed by atoms with Gasteiger partial charge in [-0.05, 0) is 49.2 Å². The third kappa shape index (κ3) is 6.58. The van der Waals surface area contributed by atoms with E-state index >= 15 is 0 Å². The van der Waals surface area contributed by atoms with Crippen LogP contribution in [0.2, 0.25) is 0 Å². The lowest BCUT2D eigenvalue weighted by molar-refractivity contribution is -0.137. The zero-order valence-corrected chi connectivity index (χ0v) is 19.3. The average molecular weight is 479 g/mol. The van der Waals surface area contributed by atoms with Crippen LogP contribution in [0.4, 0.5) is 13.2 Å². The van der Waals surface area contributed by atoms with E-state index < -0.39 is 11.7 Å². The highest BCUT2D eigenvalue weighted by Gasteiger charge is 2.30. The molecule has 176 valence electrons. The lowest BCUT2D eigenvalue weighted by Gasteiger charge is -2.15. The van der Waals surface area contributed by atoms with Gasteiger partial charge in [0.2, 0.25) is 0 Å². The van der Waals surface area contributed by atoms with Crippen molar-refractivity contribution in [2.45, 2.75) is 43.5 Å². The first-order chi connectivity index (χ1) is 15.7. The van der Waals surface area contributed by atoms with Crippen molar-refractivity contribution in [1.82, 2.24) is 20.1 Å². The van der Waals surface area contributed by atoms with E-state index in [9.17, 15) is 18.0 Å². The maximum Gasteiger partial charge on any atom is 0.416 e. The van der Waals surface area contributed by atoms with Crippen molar-refractivity contribution in [3.8, 4) is 0 Å². The van der Waals surface area contributed by atoms with Crippen LogP contribution in [0.15, 0.2) is 53.7 Å². The molecule has 0 fully saturated rings. The SMILES string of the molecule is COC[C@H](C)n1c(C)nnc1SCc1ccc(C(=O)NCc2cccc(C(F)(F)F)c2)cc1. The Hall–Kier alpha value is -2.85. The molecule has 0 spiro atoms. The molecule has 0 aliphatic heterocycles. The Balaban J connectivity index is 1.57. The maximum atomic E-state index is 12.8. The van der Waals surface area contributed by atoms with E-state index in [1.54, 1.807) is 37.1 Å². The monoisotopic (exact) mass is 478 g/mol. The van der Waals surface area contributed by atoms with Crippen molar-refractivity contribution in [3.63, 3.8) is 0 Å². The molecule has 2 aromatic carbocycles. The minimum absolute atomic E-state index is 0.00895. The van der Waals surface area contributed by atoms with Gasteiger partial charge in [0.05, 0.1) is 18.2 Å². The molecule has 0 aliphatic rings. The Morgan fingerprint density at radius 3 is 2.55 bits per heavy atom. The van der Waals surface area contributed by atoms with Crippen LogP contribution in [-0.4, -0.2) is 34.4 Å². The van der Waals surface area contributed by atoms with Gasteiger partial charge >= 0.3 is 6.18 Å². The number of ether oxygens (including phenoxy) is 1. The molecular weight excluding hydrogens is 453 g/mol. The number of hydrogen-bond acceptors (Lipinski definition) is 5. The summed E-state index contributed by atoms with van der Waals surface area (Å²) in [5.74, 6) is 1.11. The number of rotatable bonds is 9. The van der Waals surface area contributed by atoms with Gasteiger partial charge in [-0.3, -0.25) is 4.79 Å². The van der Waals surface area contributed by atoms with Crippen molar-refractivity contribution in [1.29, 1.82) is 0 Å². The molecule has 1 aromatic heterocycles. The number of aryl methyl sites for hydroxylation is 1. The first-order valence-corrected chi connectivity index (χ1v) is 11.2. The van der Waals surface area contributed by atoms with Crippen LogP contribution >= 0.6 is 11.8 Å². The smallest absolute Gasteiger partial charge is 0.383 e. The van der Waals surface area contributed by atoms with E-state index in [2.05, 4.69) is 15.5 Å². The van der Waals surface area contributed by atoms with Crippen LogP contribution in [0.25, 0.3) is 0 Å². The van der Waals surface area contributed by atoms with E-state index in [0.29, 0.717) is 23.5 Å². The normalized spacial score (nSPS) is 12.5. The topological polar surface area (TPSA) is 69.0 Å². The number of nitrogens with zero attached hydrogens (tertiary/aromatic N) is 3. The van der Waals surface area contributed by atoms with Gasteiger partial charge in [-0.2, -0.15) is 13.2 Å². The fourth-order valence-corrected chi connectivity index (χ4v) is 4.35. The second-order valence-corrected chi connectivity index (χ2v) is 8.51. The van der Waals surface area contributed by atoms with Gasteiger partial charge in [0.1, 0.15) is 5.82 Å². The van der Waals surface area contributed by atoms with Gasteiger partial charge < -0.3 is 14.6 Å². The lowest BCUT2D eigenvalue weighted by atomic mass is 10.1. The summed E-state index contributed by atoms with van der Waals surface area (Å²) in [5.41, 5.74) is 1.08. The Morgan fingerprint density at radius 2 is 1.88 bits per heavy atom. The second kappa shape index (κ2) is 10.8. The Bertz CT molecular complexity index is 1080. The number of alkyl halides is 3. The summed E-state index contributed by atoms with van der Waals surface area (Å²) in [4.78, 5) is 12.4. The molecule has 6 nitrogen and oxygen atoms in total. The van der Waals surface area contributed by atoms with Crippen LogP contribution < -0.4 is 5.32 Å². The van der Waals surface area contributed by atoms with Gasteiger partial charge in [-0.1, -0.05) is 36.0 Å². The fourth-order valence-electron chi connectivity index (χ4n) is 3.31. The number of amides is 1. The van der Waals surface area contributed by atoms with E-state index in [-0.39, 0.29) is 18.5 Å². The molecule has 0 aliphatic carbocycles. The summed E-state index contributed by atoms with van der Waals surface area (Å²) in [6, 6.07) is 12.1. The first kappa shape index (κ1) is 24.8. The van der Waals surface area contributed by atoms with E-state index in [4.69, 9.17) is 4.74 Å². The Morgan fingerprint density at radius 1 is 1.15 bits per heavy atom. The number of carbonyl (C=O) groups excluding carboxylic acids is 1. The highest BCUT2D eigenvalue weighted by Crippen LogP contribution is 2.29. The minimum Gasteiger partial charge on any atom is -0.383 e. The number of benzene rings is 2. The number of halogens is 3. The van der Waals surface area contributed by atoms with Crippen molar-refractivity contribution in [2.75, 3.05) is 13.7 Å². The minimum atomic E-state index is -4.42. The summed E-state index contributed by atoms with van der Waals surface area (Å²) in [6.07, 6.45) is -4.42. The molecule has 0 radical (unpaired) electrons. The van der Waals surface area contributed by atoms with Gasteiger partial charge in [0.15, 0.2) is 5.16 Å². The van der Waals surface area contributed by atoms with Crippen LogP contribution in [0, 0.1) is 6.92 Å². The molecule has 0 saturated heterocycles. The number of thioether (sulfide) groups is 1. The van der Waals surface area contributed by atoms with Crippen LogP contribution in [0.5, 0.6) is 0 Å². The molecule has 1 heterocycles. The largest absolute Gasteiger partial charge is 0.416 e. The number of carbonyl (C=O) groups is 1. The van der Waals surface area contributed by atoms with Crippen LogP contribution in [-0.2, 0) is 23.2 Å². The highest BCUT2D eigenvalue weighted by molar-refractivity contribution is 7.98. The summed E-state index contributed by atoms with van der Waals surface area (Å²) in [5, 5.41) is 11.8. The molecule has 0 saturated carbocycles. The van der Waals surface area contributed by atoms with Crippen molar-refractivity contribution in [2.24, 2.45) is 0 Å². The summed E-state index contributed by atoms with van der Waals surface area (Å²) < 4.78 is 45.8. The van der Waals surface area contributed by atoms with Crippen molar-refractivity contribution < 1.29 is 22.7 Å². The van der Waals surface area contributed by atoms with Crippen molar-refractivity contribution >= 4 is 17.7 Å². The quantitative estimate of drug-likeness (QED) is 0.437. The van der Waals surface area contributed by atoms with Crippen molar-refractivity contribution in [3.05, 3.63) is 76.6 Å². The summed E-state index contributed by atoms with van der Waals surface area (Å²) in [6.45, 7) is 4.50. The van der Waals surface area contributed by atoms with Gasteiger partial charge in [0, 0.05) is 25.0 Å². The average Bonchev–Trinajstić information content (AvgIpc) is 3.16. The maximum absolute atomic E-state index is 12.8. The Labute approximate surface area is 194 Å². The standard InChI is InChI=1S/C23H25F3N4O2S/c1-15(13-32-3)30-16(2)28-29-22(30)33-14-17-7-9-19(10-8-17)21(31)27-12-18-5-4-6-20(11-18)23(24,25)26/h4-11,15H,12-14H2,1-3H3,(H,27,31)/t15-/m0/s1. The van der Waals surface area contributed by atoms with Gasteiger partial charge in [0.25, 0.3) is 5.91 Å². The highest BCUT2D eigenvalue weighted by atomic mass is 32.2. The third-order valence-corrected chi connectivity index (χ3v) is 5.99. The summed E-state index contributed by atoms with van der Waals surface area (Å²) in [7, 11) is 1.65. The predicted molar refractivity (Wildman–Crippen MR) is 120 cm³/mol. The third-order valence-electron chi connectivity index (χ3n) is 4.98. The second-order valence-electron chi connectivity index (χ2n) is 7.57. The van der Waals surface area contributed by atoms with Crippen LogP contribution in [0.1, 0.15) is 45.8 Å². The summed E-state index contributed by atoms with van der Waals surface area (Å²) >= 11 is 1.54. The number of aromatic nitrogens is 3. The molecule has 1 atom stereocenters. The van der Waals surface area contributed by atoms with E-state index in [1.807, 2.05) is 30.5 Å². The molecule has 1 amide bonds. The zero-order chi connectivity index (χ0) is 24.0. The molecule has 0 unspecified atom stereocenters. The fraction of sp³-hybridized carbons (Fsp3) is 0.348. The molecular formula is C23H25F3N4O2S. The van der Waals surface area contributed by atoms with Gasteiger partial charge in [-0.15, -0.1) is 10.2 Å². The van der Waals surface area contributed by atoms with E-state index in [1.165, 1.54) is 6.07 Å². The predicted octanol–water partition coefficient (Wildman–Crippen LogP) is 5.04. The molecule has 3 rings (SSSR count). The number of hydrogen-bond donors (Lipinski definition) is 1. The molecule has 1 N–H and O–H groups in total. The Kier molecular flexibility index (Phi) is 8.15. The van der Waals surface area contributed by atoms with Gasteiger partial charge in [-0.25, -0.2) is 0 Å².